The molecule has 2 aromatic carbocycles. The molecule has 0 bridgehead atoms. The Morgan fingerprint density at radius 2 is 1.76 bits per heavy atom. The van der Waals surface area contributed by atoms with E-state index in [1.54, 1.807) is 30.3 Å². The monoisotopic (exact) mass is 645 g/mol. The van der Waals surface area contributed by atoms with Crippen molar-refractivity contribution >= 4 is 35.1 Å². The summed E-state index contributed by atoms with van der Waals surface area (Å²) in [7, 11) is 0. The molecule has 14 heteroatoms. The van der Waals surface area contributed by atoms with Crippen molar-refractivity contribution in [3.63, 3.8) is 0 Å². The van der Waals surface area contributed by atoms with Crippen LogP contribution in [0.25, 0.3) is 0 Å². The molecule has 3 aliphatic rings. The molecule has 0 radical (unpaired) electrons. The number of carbonyl (C=O) groups excluding carboxylic acids is 4. The fourth-order valence-corrected chi connectivity index (χ4v) is 5.62. The van der Waals surface area contributed by atoms with Crippen LogP contribution in [0.3, 0.4) is 0 Å². The Bertz CT molecular complexity index is 1520. The minimum absolute atomic E-state index is 0.109. The SMILES string of the molecule is NC(=O)C(CC1CC1)C(CCCC(F)(F)F)C(=O)NC1N=C(c2ccccc2)c2cccc(F)c2N(COC(=O)C2(N)CC2)C1=O. The molecule has 2 saturated carbocycles. The number of benzodiazepines with no additional fused rings is 1. The van der Waals surface area contributed by atoms with Gasteiger partial charge in [0.2, 0.25) is 18.0 Å². The molecular weight excluding hydrogens is 610 g/mol. The molecule has 0 spiro atoms. The Kier molecular flexibility index (Phi) is 9.47. The molecule has 0 saturated heterocycles. The summed E-state index contributed by atoms with van der Waals surface area (Å²) in [6.07, 6.45) is -5.60. The fourth-order valence-electron chi connectivity index (χ4n) is 5.62. The van der Waals surface area contributed by atoms with Gasteiger partial charge in [-0.3, -0.25) is 19.3 Å². The summed E-state index contributed by atoms with van der Waals surface area (Å²) >= 11 is 0. The minimum atomic E-state index is -4.48. The molecule has 2 fully saturated rings. The second kappa shape index (κ2) is 13.2. The Morgan fingerprint density at radius 1 is 1.07 bits per heavy atom. The van der Waals surface area contributed by atoms with Crippen LogP contribution in [-0.2, 0) is 23.9 Å². The van der Waals surface area contributed by atoms with E-state index in [0.717, 1.165) is 23.8 Å². The molecule has 3 atom stereocenters. The molecule has 2 aliphatic carbocycles. The van der Waals surface area contributed by atoms with Gasteiger partial charge in [-0.1, -0.05) is 55.3 Å². The highest BCUT2D eigenvalue weighted by Gasteiger charge is 2.48. The summed E-state index contributed by atoms with van der Waals surface area (Å²) in [5, 5.41) is 2.51. The van der Waals surface area contributed by atoms with E-state index < -0.39 is 78.8 Å². The lowest BCUT2D eigenvalue weighted by molar-refractivity contribution is -0.147. The summed E-state index contributed by atoms with van der Waals surface area (Å²) in [5.74, 6) is -6.60. The molecule has 3 unspecified atom stereocenters. The Labute approximate surface area is 262 Å². The summed E-state index contributed by atoms with van der Waals surface area (Å²) in [6, 6.07) is 12.5. The number of rotatable bonds is 13. The molecule has 0 aromatic heterocycles. The zero-order valence-electron chi connectivity index (χ0n) is 24.9. The zero-order valence-corrected chi connectivity index (χ0v) is 24.9. The molecule has 46 heavy (non-hydrogen) atoms. The van der Waals surface area contributed by atoms with Crippen LogP contribution in [0.2, 0.25) is 0 Å². The largest absolute Gasteiger partial charge is 0.442 e. The maximum atomic E-state index is 15.6. The Morgan fingerprint density at radius 3 is 2.37 bits per heavy atom. The second-order valence-corrected chi connectivity index (χ2v) is 12.2. The van der Waals surface area contributed by atoms with Crippen LogP contribution in [0.1, 0.15) is 62.5 Å². The van der Waals surface area contributed by atoms with E-state index in [9.17, 15) is 32.3 Å². The quantitative estimate of drug-likeness (QED) is 0.223. The first-order valence-corrected chi connectivity index (χ1v) is 15.1. The number of halogens is 4. The van der Waals surface area contributed by atoms with Gasteiger partial charge in [-0.2, -0.15) is 13.2 Å². The van der Waals surface area contributed by atoms with Crippen molar-refractivity contribution in [3.05, 3.63) is 65.5 Å². The molecule has 10 nitrogen and oxygen atoms in total. The van der Waals surface area contributed by atoms with Gasteiger partial charge in [0, 0.05) is 29.4 Å². The molecule has 3 amide bonds. The normalized spacial score (nSPS) is 20.1. The standard InChI is InChI=1S/C32H35F4N5O5/c33-23-10-4-8-21-24(19-6-2-1-3-7-19)39-27(29(44)41(25(21)23)17-46-30(45)31(38)14-15-31)40-28(43)20(9-5-13-32(34,35)36)22(26(37)42)16-18-11-12-18/h1-4,6-8,10,18,20,22,27H,5,9,11-17,38H2,(H2,37,42)(H,40,43). The highest BCUT2D eigenvalue weighted by Crippen LogP contribution is 2.39. The van der Waals surface area contributed by atoms with Gasteiger partial charge in [-0.25, -0.2) is 14.2 Å². The van der Waals surface area contributed by atoms with Crippen LogP contribution in [0.5, 0.6) is 0 Å². The van der Waals surface area contributed by atoms with Crippen LogP contribution < -0.4 is 21.7 Å². The van der Waals surface area contributed by atoms with Crippen LogP contribution in [0.15, 0.2) is 53.5 Å². The number of ether oxygens (including phenoxy) is 1. The number of para-hydroxylation sites is 1. The smallest absolute Gasteiger partial charge is 0.389 e. The number of nitrogens with two attached hydrogens (primary N) is 2. The van der Waals surface area contributed by atoms with E-state index >= 15 is 4.39 Å². The highest BCUT2D eigenvalue weighted by atomic mass is 19.4. The number of hydrogen-bond donors (Lipinski definition) is 3. The maximum Gasteiger partial charge on any atom is 0.389 e. The number of carbonyl (C=O) groups is 4. The van der Waals surface area contributed by atoms with E-state index in [0.29, 0.717) is 18.4 Å². The molecule has 1 heterocycles. The number of aliphatic imine (C=N–C) groups is 1. The lowest BCUT2D eigenvalue weighted by Gasteiger charge is -2.28. The molecular formula is C32H35F4N5O5. The number of nitrogens with one attached hydrogen (secondary N) is 1. The summed E-state index contributed by atoms with van der Waals surface area (Å²) in [4.78, 5) is 58.4. The van der Waals surface area contributed by atoms with Crippen molar-refractivity contribution in [2.24, 2.45) is 34.2 Å². The highest BCUT2D eigenvalue weighted by molar-refractivity contribution is 6.20. The van der Waals surface area contributed by atoms with Crippen LogP contribution in [0, 0.1) is 23.6 Å². The average Bonchev–Trinajstić information content (AvgIpc) is 3.94. The number of benzene rings is 2. The number of primary amides is 1. The molecule has 246 valence electrons. The van der Waals surface area contributed by atoms with Crippen molar-refractivity contribution in [2.75, 3.05) is 11.6 Å². The van der Waals surface area contributed by atoms with E-state index in [1.807, 2.05) is 0 Å². The van der Waals surface area contributed by atoms with Gasteiger partial charge in [-0.05, 0) is 44.1 Å². The van der Waals surface area contributed by atoms with Crippen molar-refractivity contribution < 1.29 is 41.5 Å². The topological polar surface area (TPSA) is 157 Å². The van der Waals surface area contributed by atoms with Crippen molar-refractivity contribution in [1.29, 1.82) is 0 Å². The van der Waals surface area contributed by atoms with Crippen molar-refractivity contribution in [3.8, 4) is 0 Å². The van der Waals surface area contributed by atoms with Gasteiger partial charge in [0.1, 0.15) is 11.4 Å². The van der Waals surface area contributed by atoms with Gasteiger partial charge >= 0.3 is 12.1 Å². The van der Waals surface area contributed by atoms with Crippen LogP contribution in [-0.4, -0.2) is 54.0 Å². The molecule has 5 rings (SSSR count). The number of esters is 1. The second-order valence-electron chi connectivity index (χ2n) is 12.2. The first-order chi connectivity index (χ1) is 21.8. The number of amides is 3. The van der Waals surface area contributed by atoms with Gasteiger partial charge in [0.05, 0.1) is 11.4 Å². The predicted octanol–water partition coefficient (Wildman–Crippen LogP) is 3.69. The average molecular weight is 646 g/mol. The third kappa shape index (κ3) is 7.72. The molecule has 1 aliphatic heterocycles. The van der Waals surface area contributed by atoms with Gasteiger partial charge in [0.15, 0.2) is 6.73 Å². The van der Waals surface area contributed by atoms with Crippen LogP contribution >= 0.6 is 0 Å². The van der Waals surface area contributed by atoms with E-state index in [4.69, 9.17) is 16.2 Å². The summed E-state index contributed by atoms with van der Waals surface area (Å²) in [5.41, 5.74) is 10.9. The first-order valence-electron chi connectivity index (χ1n) is 15.1. The predicted molar refractivity (Wildman–Crippen MR) is 158 cm³/mol. The number of anilines is 1. The lowest BCUT2D eigenvalue weighted by atomic mass is 9.82. The maximum absolute atomic E-state index is 15.6. The first kappa shape index (κ1) is 33.0. The lowest BCUT2D eigenvalue weighted by Crippen LogP contribution is -2.51. The number of hydrogen-bond acceptors (Lipinski definition) is 7. The van der Waals surface area contributed by atoms with E-state index in [1.165, 1.54) is 12.1 Å². The number of fused-ring (bicyclic) bond motifs is 1. The summed E-state index contributed by atoms with van der Waals surface area (Å²) in [6.45, 7) is -0.755. The van der Waals surface area contributed by atoms with Gasteiger partial charge < -0.3 is 21.5 Å². The Balaban J connectivity index is 1.51. The van der Waals surface area contributed by atoms with E-state index in [-0.39, 0.29) is 35.7 Å². The molecule has 5 N–H and O–H groups in total. The minimum Gasteiger partial charge on any atom is -0.442 e. The number of nitrogens with zero attached hydrogens (tertiary/aromatic N) is 2. The van der Waals surface area contributed by atoms with Crippen molar-refractivity contribution in [1.82, 2.24) is 5.32 Å². The van der Waals surface area contributed by atoms with E-state index in [2.05, 4.69) is 10.3 Å². The van der Waals surface area contributed by atoms with Crippen LogP contribution in [0.4, 0.5) is 23.2 Å². The Hall–Kier alpha value is -4.33. The van der Waals surface area contributed by atoms with Crippen molar-refractivity contribution in [2.45, 2.75) is 69.2 Å². The third-order valence-electron chi connectivity index (χ3n) is 8.56. The number of alkyl halides is 3. The fraction of sp³-hybridized carbons (Fsp3) is 0.469. The van der Waals surface area contributed by atoms with Gasteiger partial charge in [0.25, 0.3) is 5.91 Å². The summed E-state index contributed by atoms with van der Waals surface area (Å²) < 4.78 is 60.0. The molecule has 2 aromatic rings. The zero-order chi connectivity index (χ0) is 33.2. The van der Waals surface area contributed by atoms with Gasteiger partial charge in [-0.15, -0.1) is 0 Å². The third-order valence-corrected chi connectivity index (χ3v) is 8.56.